The first-order chi connectivity index (χ1) is 60.3. The lowest BCUT2D eigenvalue weighted by Crippen LogP contribution is -2.61. The molecule has 0 spiro atoms. The van der Waals surface area contributed by atoms with Crippen LogP contribution in [0.1, 0.15) is 151 Å². The lowest BCUT2D eigenvalue weighted by molar-refractivity contribution is -0.265. The number of carbonyl (C=O) groups excluding carboxylic acids is 8. The number of cyclic esters (lactones) is 1. The molecule has 3 aliphatic heterocycles. The molecule has 1 aliphatic carbocycles. The lowest BCUT2D eigenvalue weighted by atomic mass is 9.78. The summed E-state index contributed by atoms with van der Waals surface area (Å²) < 4.78 is 82.3. The Hall–Kier alpha value is -8.40. The molecule has 35 heteroatoms. The quantitative estimate of drug-likeness (QED) is 0.00961. The molecule has 1 saturated carbocycles. The van der Waals surface area contributed by atoms with Gasteiger partial charge in [0.2, 0.25) is 17.6 Å². The summed E-state index contributed by atoms with van der Waals surface area (Å²) in [5.41, 5.74) is 10.4. The van der Waals surface area contributed by atoms with Crippen LogP contribution in [0.25, 0.3) is 33.3 Å². The predicted molar refractivity (Wildman–Crippen MR) is 463 cm³/mol. The number of aromatic nitrogens is 6. The molecule has 2 bridgehead atoms. The van der Waals surface area contributed by atoms with Crippen LogP contribution in [0.2, 0.25) is 0 Å². The Morgan fingerprint density at radius 3 is 1.98 bits per heavy atom. The summed E-state index contributed by atoms with van der Waals surface area (Å²) in [4.78, 5) is 127. The number of Topliss-reactive ketones (excluding diaryl/α,β-unsaturated/α-hetero) is 3. The molecule has 3 fully saturated rings. The average molecular weight is 1760 g/mol. The van der Waals surface area contributed by atoms with E-state index in [0.717, 1.165) is 35.0 Å². The Bertz CT molecular complexity index is 4140. The van der Waals surface area contributed by atoms with Gasteiger partial charge in [0.25, 0.3) is 11.7 Å². The number of aliphatic hydroxyl groups excluding tert-OH is 1. The highest BCUT2D eigenvalue weighted by molar-refractivity contribution is 6.39. The van der Waals surface area contributed by atoms with Crippen molar-refractivity contribution < 1.29 is 115 Å². The van der Waals surface area contributed by atoms with Crippen molar-refractivity contribution in [1.82, 2.24) is 50.6 Å². The van der Waals surface area contributed by atoms with Crippen molar-refractivity contribution in [3.63, 3.8) is 0 Å². The number of piperidine rings is 1. The van der Waals surface area contributed by atoms with E-state index in [-0.39, 0.29) is 107 Å². The largest absolute Gasteiger partial charge is 0.460 e. The van der Waals surface area contributed by atoms with Crippen molar-refractivity contribution in [2.24, 2.45) is 35.5 Å². The molecular weight excluding hydrogens is 1620 g/mol. The van der Waals surface area contributed by atoms with Gasteiger partial charge in [0.05, 0.1) is 129 Å². The van der Waals surface area contributed by atoms with Gasteiger partial charge in [-0.1, -0.05) is 71.1 Å². The number of unbranched alkanes of at least 4 members (excludes halogenated alkanes) is 1. The maximum Gasteiger partial charge on any atom is 0.407 e. The zero-order valence-electron chi connectivity index (χ0n) is 74.7. The number of amides is 4. The molecule has 2 saturated heterocycles. The van der Waals surface area contributed by atoms with Crippen molar-refractivity contribution >= 4 is 75.0 Å². The number of aromatic amines is 1. The number of hydrogen-bond donors (Lipinski definition) is 7. The van der Waals surface area contributed by atoms with Crippen molar-refractivity contribution in [2.75, 3.05) is 159 Å². The van der Waals surface area contributed by atoms with Gasteiger partial charge in [-0.25, -0.2) is 29.2 Å². The van der Waals surface area contributed by atoms with Crippen LogP contribution in [0.15, 0.2) is 78.5 Å². The van der Waals surface area contributed by atoms with Gasteiger partial charge in [0, 0.05) is 121 Å². The number of allylic oxidation sites excluding steroid dienone is 6. The summed E-state index contributed by atoms with van der Waals surface area (Å²) in [6.45, 7) is 19.3. The van der Waals surface area contributed by atoms with Gasteiger partial charge >= 0.3 is 12.1 Å². The average Bonchev–Trinajstić information content (AvgIpc) is 1.76. The van der Waals surface area contributed by atoms with Crippen molar-refractivity contribution in [2.45, 2.75) is 212 Å². The van der Waals surface area contributed by atoms with Crippen LogP contribution in [0.4, 0.5) is 10.6 Å². The van der Waals surface area contributed by atoms with E-state index in [4.69, 9.17) is 77.1 Å². The maximum atomic E-state index is 14.7. The van der Waals surface area contributed by atoms with Crippen molar-refractivity contribution in [3.8, 4) is 11.3 Å². The molecule has 15 atom stereocenters. The third-order valence-electron chi connectivity index (χ3n) is 23.3. The van der Waals surface area contributed by atoms with E-state index in [2.05, 4.69) is 35.9 Å². The fourth-order valence-electron chi connectivity index (χ4n) is 16.0. The van der Waals surface area contributed by atoms with Crippen LogP contribution < -0.4 is 21.7 Å². The Morgan fingerprint density at radius 1 is 0.696 bits per heavy atom. The minimum absolute atomic E-state index is 0.0212. The Morgan fingerprint density at radius 2 is 1.34 bits per heavy atom. The summed E-state index contributed by atoms with van der Waals surface area (Å²) in [5, 5.41) is 38.7. The SMILES string of the molecule is CO[C@H]1C[C@@H]2CC[C@@H](C)[C@@](O)(O2)C(=O)C(=O)N2CCCC[C@H]2C(=O)O[C@H]([C@H](C)C[C@@H]2CC[C@@H](OC(=O)NCCOCCOCCOCCOCCC(=O)NCCOCCOCCOCCOCCC(=O)NCCCCn3nc(-c4cnc5[nH]ccc5c4)c4c(N)ncnc43)[C@H](OC)C2)CC(=O)[C@H](C)/C=C(\C)[C@@H](O)[C@@H](OC)C(=O)[C@H](C)C[C@H](C)/C=C/C=C/C=C/1C. The summed E-state index contributed by atoms with van der Waals surface area (Å²) in [5.74, 6) is -8.61. The lowest BCUT2D eigenvalue weighted by Gasteiger charge is -2.42. The van der Waals surface area contributed by atoms with Crippen LogP contribution in [0.3, 0.4) is 0 Å². The van der Waals surface area contributed by atoms with E-state index in [1.165, 1.54) is 18.3 Å². The topological polar surface area (TPSA) is 444 Å². The zero-order chi connectivity index (χ0) is 90.1. The molecule has 7 heterocycles. The van der Waals surface area contributed by atoms with Crippen LogP contribution in [0, 0.1) is 35.5 Å². The number of alkyl carbamates (subject to hydrolysis) is 1. The van der Waals surface area contributed by atoms with Crippen LogP contribution in [-0.2, 0) is 106 Å². The molecule has 4 aromatic heterocycles. The third-order valence-corrected chi connectivity index (χ3v) is 23.3. The van der Waals surface area contributed by atoms with Crippen LogP contribution in [0.5, 0.6) is 0 Å². The second-order valence-corrected chi connectivity index (χ2v) is 32.9. The number of aryl methyl sites for hydroxylation is 1. The minimum Gasteiger partial charge on any atom is -0.460 e. The van der Waals surface area contributed by atoms with Gasteiger partial charge in [0.15, 0.2) is 11.4 Å². The number of hydrogen-bond acceptors (Lipinski definition) is 29. The first-order valence-electron chi connectivity index (χ1n) is 44.3. The molecule has 4 aromatic rings. The number of H-pyrrole nitrogens is 1. The van der Waals surface area contributed by atoms with Gasteiger partial charge in [-0.05, 0) is 132 Å². The van der Waals surface area contributed by atoms with E-state index >= 15 is 0 Å². The zero-order valence-corrected chi connectivity index (χ0v) is 74.7. The number of carbonyl (C=O) groups is 8. The first kappa shape index (κ1) is 102. The number of fused-ring (bicyclic) bond motifs is 5. The summed E-state index contributed by atoms with van der Waals surface area (Å²) >= 11 is 0. The highest BCUT2D eigenvalue weighted by Gasteiger charge is 2.53. The van der Waals surface area contributed by atoms with E-state index < -0.39 is 102 Å². The molecule has 8 N–H and O–H groups in total. The van der Waals surface area contributed by atoms with Gasteiger partial charge in [0.1, 0.15) is 59.7 Å². The predicted octanol–water partition coefficient (Wildman–Crippen LogP) is 7.81. The van der Waals surface area contributed by atoms with Crippen molar-refractivity contribution in [1.29, 1.82) is 0 Å². The summed E-state index contributed by atoms with van der Waals surface area (Å²) in [6, 6.07) is 2.74. The number of nitrogen functional groups attached to an aromatic ring is 1. The standard InChI is InChI=1S/C90H137N11O24/c1-59-18-12-11-13-19-60(2)73(112-8)55-69-23-21-65(7)90(111,125-69)83(107)87(108)100-32-16-14-20-70(100)88(109)123-74(56-71(102)61(3)51-64(6)81(106)82(114-10)80(105)63(5)50-59)62(4)52-66-22-24-72(75(53-66)113-9)124-89(110)95-31-37-118-41-45-122-49-47-120-43-39-116-35-27-77(104)93-30-36-117-40-44-121-48-46-119-42-38-115-34-26-76(103)92-28-15-17-33-101-86-78(84(91)97-58-98-86)79(99-101)68-54-67-25-29-94-85(67)96-57-68/h11-13,18-19,25,29,51,54,57-59,61-63,65-66,69-70,72-75,81-82,106,111H,14-17,20-24,26-28,30-50,52-53,55-56H2,1-10H3,(H,92,103)(H,93,104)(H,94,96)(H,95,110)(H2,91,97,98)/b13-11+,18-12+,60-19+,64-51+/t59-,61-,62-,63-,65-,66+,69+,70+,72-,73+,74+,75-,81-,82+,90-/m1/s1. The second kappa shape index (κ2) is 54.7. The molecule has 35 nitrogen and oxygen atoms in total. The highest BCUT2D eigenvalue weighted by atomic mass is 16.6. The number of anilines is 1. The highest BCUT2D eigenvalue weighted by Crippen LogP contribution is 2.39. The number of nitrogens with zero attached hydrogens (tertiary/aromatic N) is 6. The molecule has 0 unspecified atom stereocenters. The minimum atomic E-state index is -2.49. The van der Waals surface area contributed by atoms with Crippen molar-refractivity contribution in [3.05, 3.63) is 78.5 Å². The number of ketones is 3. The monoisotopic (exact) mass is 1760 g/mol. The molecule has 0 aromatic carbocycles. The summed E-state index contributed by atoms with van der Waals surface area (Å²) in [7, 11) is 4.48. The van der Waals surface area contributed by atoms with E-state index in [9.17, 15) is 48.6 Å². The fraction of sp³-hybridized carbons (Fsp3) is 0.689. The summed E-state index contributed by atoms with van der Waals surface area (Å²) in [6.07, 6.45) is 16.2. The number of esters is 1. The Labute approximate surface area is 733 Å². The number of methoxy groups -OCH3 is 3. The molecule has 8 rings (SSSR count). The van der Waals surface area contributed by atoms with Crippen LogP contribution >= 0.6 is 0 Å². The Balaban J connectivity index is 0.637. The second-order valence-electron chi connectivity index (χ2n) is 32.9. The van der Waals surface area contributed by atoms with Gasteiger partial charge in [-0.3, -0.25) is 28.8 Å². The van der Waals surface area contributed by atoms with E-state index in [1.807, 2.05) is 74.2 Å². The maximum absolute atomic E-state index is 14.7. The molecule has 4 amide bonds. The third kappa shape index (κ3) is 33.0. The first-order valence-corrected chi connectivity index (χ1v) is 44.3. The molecule has 696 valence electrons. The van der Waals surface area contributed by atoms with Crippen LogP contribution in [-0.4, -0.2) is 300 Å². The smallest absolute Gasteiger partial charge is 0.407 e. The number of nitrogens with one attached hydrogen (secondary N) is 4. The number of pyridine rings is 1. The fourth-order valence-corrected chi connectivity index (χ4v) is 16.0. The van der Waals surface area contributed by atoms with Gasteiger partial charge in [-0.2, -0.15) is 5.10 Å². The molecule has 0 radical (unpaired) electrons. The molecule has 4 aliphatic rings. The molecular formula is C90H137N11O24. The number of ether oxygens (including phenoxy) is 14. The normalized spacial score (nSPS) is 26.6. The van der Waals surface area contributed by atoms with E-state index in [1.54, 1.807) is 54.2 Å². The van der Waals surface area contributed by atoms with Gasteiger partial charge < -0.3 is 108 Å². The number of rotatable bonds is 43. The Kier molecular flexibility index (Phi) is 44.6. The molecule has 125 heavy (non-hydrogen) atoms. The number of aliphatic hydroxyl groups is 2. The van der Waals surface area contributed by atoms with Gasteiger partial charge in [-0.15, -0.1) is 0 Å². The number of nitrogens with two attached hydrogens (primary N) is 1. The van der Waals surface area contributed by atoms with E-state index in [0.29, 0.717) is 185 Å².